The Balaban J connectivity index is 1.67. The third-order valence-corrected chi connectivity index (χ3v) is 5.88. The van der Waals surface area contributed by atoms with Crippen LogP contribution in [-0.2, 0) is 14.8 Å². The number of hydrogen-bond acceptors (Lipinski definition) is 4. The van der Waals surface area contributed by atoms with Crippen molar-refractivity contribution >= 4 is 15.9 Å². The number of amides is 1. The van der Waals surface area contributed by atoms with Gasteiger partial charge in [0.2, 0.25) is 15.9 Å². The van der Waals surface area contributed by atoms with Gasteiger partial charge in [0, 0.05) is 19.0 Å². The molecule has 0 atom stereocenters. The molecule has 6 nitrogen and oxygen atoms in total. The van der Waals surface area contributed by atoms with Crippen LogP contribution in [0.15, 0.2) is 30.3 Å². The van der Waals surface area contributed by atoms with E-state index in [1.807, 2.05) is 30.3 Å². The lowest BCUT2D eigenvalue weighted by molar-refractivity contribution is -0.126. The molecule has 1 aromatic rings. The van der Waals surface area contributed by atoms with Crippen molar-refractivity contribution in [3.05, 3.63) is 30.3 Å². The highest BCUT2D eigenvalue weighted by atomic mass is 32.2. The van der Waals surface area contributed by atoms with E-state index in [9.17, 15) is 13.2 Å². The van der Waals surface area contributed by atoms with Crippen LogP contribution in [0.25, 0.3) is 0 Å². The molecule has 1 saturated heterocycles. The minimum absolute atomic E-state index is 0.0183. The molecule has 0 bridgehead atoms. The second-order valence-corrected chi connectivity index (χ2v) is 7.78. The molecule has 23 heavy (non-hydrogen) atoms. The van der Waals surface area contributed by atoms with Gasteiger partial charge in [-0.2, -0.15) is 0 Å². The first-order valence-corrected chi connectivity index (χ1v) is 9.57. The Labute approximate surface area is 137 Å². The summed E-state index contributed by atoms with van der Waals surface area (Å²) in [7, 11) is -3.14. The van der Waals surface area contributed by atoms with Crippen molar-refractivity contribution in [2.75, 3.05) is 32.0 Å². The van der Waals surface area contributed by atoms with E-state index in [2.05, 4.69) is 5.32 Å². The summed E-state index contributed by atoms with van der Waals surface area (Å²) in [5.41, 5.74) is 0. The van der Waals surface area contributed by atoms with E-state index in [1.54, 1.807) is 6.92 Å². The number of carbonyl (C=O) groups is 1. The highest BCUT2D eigenvalue weighted by molar-refractivity contribution is 7.89. The van der Waals surface area contributed by atoms with Gasteiger partial charge in [0.1, 0.15) is 12.4 Å². The Hall–Kier alpha value is -1.60. The second-order valence-electron chi connectivity index (χ2n) is 5.53. The molecule has 1 aliphatic heterocycles. The van der Waals surface area contributed by atoms with Crippen LogP contribution in [0.4, 0.5) is 0 Å². The van der Waals surface area contributed by atoms with Gasteiger partial charge < -0.3 is 10.1 Å². The van der Waals surface area contributed by atoms with E-state index in [-0.39, 0.29) is 17.6 Å². The first kappa shape index (κ1) is 17.7. The predicted molar refractivity (Wildman–Crippen MR) is 88.7 cm³/mol. The highest BCUT2D eigenvalue weighted by Crippen LogP contribution is 2.19. The van der Waals surface area contributed by atoms with Gasteiger partial charge in [-0.3, -0.25) is 4.79 Å². The number of hydrogen-bond donors (Lipinski definition) is 1. The van der Waals surface area contributed by atoms with E-state index in [4.69, 9.17) is 4.74 Å². The van der Waals surface area contributed by atoms with Gasteiger partial charge in [0.25, 0.3) is 0 Å². The lowest BCUT2D eigenvalue weighted by Crippen LogP contribution is -2.44. The number of nitrogens with zero attached hydrogens (tertiary/aromatic N) is 1. The fraction of sp³-hybridized carbons (Fsp3) is 0.562. The van der Waals surface area contributed by atoms with Crippen LogP contribution in [0.2, 0.25) is 0 Å². The van der Waals surface area contributed by atoms with Crippen molar-refractivity contribution in [2.24, 2.45) is 5.92 Å². The fourth-order valence-electron chi connectivity index (χ4n) is 2.58. The minimum atomic E-state index is -3.14. The van der Waals surface area contributed by atoms with Crippen LogP contribution >= 0.6 is 0 Å². The predicted octanol–water partition coefficient (Wildman–Crippen LogP) is 1.24. The average molecular weight is 340 g/mol. The number of piperidine rings is 1. The van der Waals surface area contributed by atoms with Gasteiger partial charge in [-0.15, -0.1) is 0 Å². The molecule has 1 N–H and O–H groups in total. The first-order valence-electron chi connectivity index (χ1n) is 7.96. The molecule has 0 aliphatic carbocycles. The Morgan fingerprint density at radius 1 is 1.26 bits per heavy atom. The summed E-state index contributed by atoms with van der Waals surface area (Å²) in [6.07, 6.45) is 1.15. The number of nitrogens with one attached hydrogen (secondary N) is 1. The summed E-state index contributed by atoms with van der Waals surface area (Å²) < 4.78 is 30.6. The van der Waals surface area contributed by atoms with Crippen molar-refractivity contribution in [1.82, 2.24) is 9.62 Å². The number of carbonyl (C=O) groups excluding carboxylic acids is 1. The van der Waals surface area contributed by atoms with E-state index in [1.165, 1.54) is 4.31 Å². The Morgan fingerprint density at radius 3 is 2.52 bits per heavy atom. The maximum atomic E-state index is 12.1. The quantitative estimate of drug-likeness (QED) is 0.758. The van der Waals surface area contributed by atoms with E-state index >= 15 is 0 Å². The monoisotopic (exact) mass is 340 g/mol. The van der Waals surface area contributed by atoms with Gasteiger partial charge in [-0.1, -0.05) is 18.2 Å². The second kappa shape index (κ2) is 8.31. The zero-order valence-corrected chi connectivity index (χ0v) is 14.2. The van der Waals surface area contributed by atoms with Crippen molar-refractivity contribution in [3.8, 4) is 5.75 Å². The van der Waals surface area contributed by atoms with E-state index in [0.29, 0.717) is 39.1 Å². The van der Waals surface area contributed by atoms with Crippen molar-refractivity contribution in [3.63, 3.8) is 0 Å². The van der Waals surface area contributed by atoms with E-state index in [0.717, 1.165) is 5.75 Å². The van der Waals surface area contributed by atoms with Crippen molar-refractivity contribution < 1.29 is 17.9 Å². The van der Waals surface area contributed by atoms with Gasteiger partial charge in [-0.25, -0.2) is 12.7 Å². The Bertz CT molecular complexity index is 596. The lowest BCUT2D eigenvalue weighted by atomic mass is 9.97. The highest BCUT2D eigenvalue weighted by Gasteiger charge is 2.29. The number of rotatable bonds is 7. The molecule has 1 heterocycles. The molecule has 1 amide bonds. The lowest BCUT2D eigenvalue weighted by Gasteiger charge is -2.30. The third kappa shape index (κ3) is 5.21. The summed E-state index contributed by atoms with van der Waals surface area (Å²) >= 11 is 0. The molecule has 0 unspecified atom stereocenters. The molecule has 1 fully saturated rings. The van der Waals surface area contributed by atoms with Gasteiger partial charge in [0.05, 0.1) is 12.3 Å². The van der Waals surface area contributed by atoms with Crippen molar-refractivity contribution in [2.45, 2.75) is 19.8 Å². The third-order valence-electron chi connectivity index (χ3n) is 4.00. The largest absolute Gasteiger partial charge is 0.492 e. The normalized spacial score (nSPS) is 16.9. The minimum Gasteiger partial charge on any atom is -0.492 e. The average Bonchev–Trinajstić information content (AvgIpc) is 2.59. The topological polar surface area (TPSA) is 75.7 Å². The number of benzene rings is 1. The van der Waals surface area contributed by atoms with Gasteiger partial charge >= 0.3 is 0 Å². The molecule has 0 saturated carbocycles. The zero-order valence-electron chi connectivity index (χ0n) is 13.4. The maximum absolute atomic E-state index is 12.1. The van der Waals surface area contributed by atoms with Crippen LogP contribution in [0.1, 0.15) is 19.8 Å². The molecule has 0 spiro atoms. The Kier molecular flexibility index (Phi) is 6.41. The molecule has 2 rings (SSSR count). The van der Waals surface area contributed by atoms with Crippen LogP contribution < -0.4 is 10.1 Å². The molecular weight excluding hydrogens is 316 g/mol. The molecule has 128 valence electrons. The summed E-state index contributed by atoms with van der Waals surface area (Å²) in [5.74, 6) is 0.755. The Morgan fingerprint density at radius 2 is 1.91 bits per heavy atom. The molecule has 0 aromatic heterocycles. The van der Waals surface area contributed by atoms with Crippen molar-refractivity contribution in [1.29, 1.82) is 0 Å². The molecule has 7 heteroatoms. The van der Waals surface area contributed by atoms with Crippen LogP contribution in [0.3, 0.4) is 0 Å². The number of ether oxygens (including phenoxy) is 1. The molecule has 0 radical (unpaired) electrons. The number of sulfonamides is 1. The molecule has 1 aliphatic rings. The fourth-order valence-corrected chi connectivity index (χ4v) is 3.72. The number of para-hydroxylation sites is 1. The summed E-state index contributed by atoms with van der Waals surface area (Å²) in [6.45, 7) is 3.35. The summed E-state index contributed by atoms with van der Waals surface area (Å²) in [6, 6.07) is 9.44. The zero-order chi connectivity index (χ0) is 16.7. The van der Waals surface area contributed by atoms with Crippen LogP contribution in [0.5, 0.6) is 5.75 Å². The summed E-state index contributed by atoms with van der Waals surface area (Å²) in [4.78, 5) is 12.1. The molecular formula is C16H24N2O4S. The standard InChI is InChI=1S/C16H24N2O4S/c1-2-23(20,21)18-11-8-14(9-12-18)16(19)17-10-13-22-15-6-4-3-5-7-15/h3-7,14H,2,8-13H2,1H3,(H,17,19). The van der Waals surface area contributed by atoms with Gasteiger partial charge in [-0.05, 0) is 31.9 Å². The smallest absolute Gasteiger partial charge is 0.223 e. The summed E-state index contributed by atoms with van der Waals surface area (Å²) in [5, 5.41) is 2.86. The maximum Gasteiger partial charge on any atom is 0.223 e. The first-order chi connectivity index (χ1) is 11.0. The SMILES string of the molecule is CCS(=O)(=O)N1CCC(C(=O)NCCOc2ccccc2)CC1. The van der Waals surface area contributed by atoms with E-state index < -0.39 is 10.0 Å². The van der Waals surface area contributed by atoms with Crippen LogP contribution in [-0.4, -0.2) is 50.6 Å². The van der Waals surface area contributed by atoms with Crippen LogP contribution in [0, 0.1) is 5.92 Å². The van der Waals surface area contributed by atoms with Gasteiger partial charge in [0.15, 0.2) is 0 Å². The molecule has 1 aromatic carbocycles.